The molecule has 21 heavy (non-hydrogen) atoms. The number of nitriles is 1. The molecule has 1 saturated heterocycles. The fourth-order valence-corrected chi connectivity index (χ4v) is 3.85. The Kier molecular flexibility index (Phi) is 5.59. The normalized spacial score (nSPS) is 18.8. The number of benzene rings is 1. The van der Waals surface area contributed by atoms with Crippen LogP contribution in [0.2, 0.25) is 5.02 Å². The topological polar surface area (TPSA) is 70.4 Å². The number of nitrogens with zero attached hydrogens (tertiary/aromatic N) is 2. The first-order chi connectivity index (χ1) is 10.0. The van der Waals surface area contributed by atoms with Crippen molar-refractivity contribution in [2.45, 2.75) is 30.3 Å². The molecular formula is C14H17ClN2O3S. The predicted molar refractivity (Wildman–Crippen MR) is 79.4 cm³/mol. The van der Waals surface area contributed by atoms with E-state index in [2.05, 4.69) is 0 Å². The van der Waals surface area contributed by atoms with Crippen LogP contribution in [0.4, 0.5) is 0 Å². The van der Waals surface area contributed by atoms with Gasteiger partial charge in [-0.2, -0.15) is 9.57 Å². The van der Waals surface area contributed by atoms with Crippen LogP contribution in [0.3, 0.4) is 0 Å². The van der Waals surface area contributed by atoms with Gasteiger partial charge in [0.1, 0.15) is 0 Å². The lowest BCUT2D eigenvalue weighted by Crippen LogP contribution is -2.38. The third-order valence-corrected chi connectivity index (χ3v) is 5.49. The van der Waals surface area contributed by atoms with Crippen LogP contribution in [-0.4, -0.2) is 38.5 Å². The van der Waals surface area contributed by atoms with E-state index in [9.17, 15) is 8.42 Å². The van der Waals surface area contributed by atoms with Gasteiger partial charge in [0.2, 0.25) is 10.0 Å². The zero-order valence-corrected chi connectivity index (χ0v) is 13.1. The lowest BCUT2D eigenvalue weighted by Gasteiger charge is -2.24. The zero-order valence-electron chi connectivity index (χ0n) is 11.5. The van der Waals surface area contributed by atoms with Gasteiger partial charge in [0.05, 0.1) is 17.1 Å². The Morgan fingerprint density at radius 2 is 2.10 bits per heavy atom. The maximum atomic E-state index is 12.7. The average molecular weight is 329 g/mol. The van der Waals surface area contributed by atoms with E-state index in [4.69, 9.17) is 21.6 Å². The molecule has 1 atom stereocenters. The summed E-state index contributed by atoms with van der Waals surface area (Å²) in [5.74, 6) is 0. The summed E-state index contributed by atoms with van der Waals surface area (Å²) >= 11 is 5.79. The van der Waals surface area contributed by atoms with Crippen molar-refractivity contribution in [1.82, 2.24) is 4.31 Å². The Bertz CT molecular complexity index is 604. The van der Waals surface area contributed by atoms with Gasteiger partial charge in [-0.3, -0.25) is 0 Å². The van der Waals surface area contributed by atoms with Gasteiger partial charge in [0.25, 0.3) is 0 Å². The molecular weight excluding hydrogens is 312 g/mol. The van der Waals surface area contributed by atoms with E-state index in [1.807, 2.05) is 6.07 Å². The first-order valence-electron chi connectivity index (χ1n) is 6.78. The third-order valence-electron chi connectivity index (χ3n) is 3.36. The summed E-state index contributed by atoms with van der Waals surface area (Å²) in [7, 11) is -3.63. The van der Waals surface area contributed by atoms with Gasteiger partial charge in [-0.25, -0.2) is 8.42 Å². The standard InChI is InChI=1S/C14H17ClN2O3S/c15-12-4-6-14(7-5-12)21(18,19)17(9-2-8-16)11-13-3-1-10-20-13/h4-7,13H,1-3,9-11H2. The highest BCUT2D eigenvalue weighted by atomic mass is 35.5. The minimum absolute atomic E-state index is 0.0919. The van der Waals surface area contributed by atoms with Gasteiger partial charge >= 0.3 is 0 Å². The minimum atomic E-state index is -3.63. The molecule has 1 aliphatic heterocycles. The van der Waals surface area contributed by atoms with Gasteiger partial charge in [0, 0.05) is 31.1 Å². The Balaban J connectivity index is 2.20. The van der Waals surface area contributed by atoms with E-state index in [1.165, 1.54) is 16.4 Å². The molecule has 1 fully saturated rings. The van der Waals surface area contributed by atoms with E-state index < -0.39 is 10.0 Å². The van der Waals surface area contributed by atoms with Crippen LogP contribution in [-0.2, 0) is 14.8 Å². The Morgan fingerprint density at radius 3 is 2.67 bits per heavy atom. The molecule has 1 aromatic carbocycles. The molecule has 1 aromatic rings. The van der Waals surface area contributed by atoms with Crippen LogP contribution < -0.4 is 0 Å². The molecule has 0 N–H and O–H groups in total. The Labute approximate surface area is 130 Å². The van der Waals surface area contributed by atoms with Crippen molar-refractivity contribution in [3.8, 4) is 6.07 Å². The quantitative estimate of drug-likeness (QED) is 0.804. The monoisotopic (exact) mass is 328 g/mol. The van der Waals surface area contributed by atoms with Gasteiger partial charge in [-0.1, -0.05) is 11.6 Å². The molecule has 2 rings (SSSR count). The summed E-state index contributed by atoms with van der Waals surface area (Å²) in [5.41, 5.74) is 0. The second-order valence-electron chi connectivity index (χ2n) is 4.86. The second-order valence-corrected chi connectivity index (χ2v) is 7.23. The van der Waals surface area contributed by atoms with Crippen molar-refractivity contribution in [3.05, 3.63) is 29.3 Å². The summed E-state index contributed by atoms with van der Waals surface area (Å²) in [6.07, 6.45) is 1.85. The molecule has 0 aromatic heterocycles. The number of sulfonamides is 1. The fourth-order valence-electron chi connectivity index (χ4n) is 2.26. The van der Waals surface area contributed by atoms with E-state index >= 15 is 0 Å². The van der Waals surface area contributed by atoms with E-state index in [-0.39, 0.29) is 30.5 Å². The van der Waals surface area contributed by atoms with Crippen LogP contribution in [0.5, 0.6) is 0 Å². The molecule has 0 spiro atoms. The lowest BCUT2D eigenvalue weighted by atomic mass is 10.2. The molecule has 1 aliphatic rings. The van der Waals surface area contributed by atoms with Crippen molar-refractivity contribution in [3.63, 3.8) is 0 Å². The van der Waals surface area contributed by atoms with Crippen molar-refractivity contribution in [2.24, 2.45) is 0 Å². The van der Waals surface area contributed by atoms with Crippen LogP contribution in [0.1, 0.15) is 19.3 Å². The summed E-state index contributed by atoms with van der Waals surface area (Å²) in [6.45, 7) is 1.12. The molecule has 1 unspecified atom stereocenters. The molecule has 0 aliphatic carbocycles. The van der Waals surface area contributed by atoms with Gasteiger partial charge < -0.3 is 4.74 Å². The van der Waals surface area contributed by atoms with Crippen molar-refractivity contribution in [2.75, 3.05) is 19.7 Å². The highest BCUT2D eigenvalue weighted by molar-refractivity contribution is 7.89. The van der Waals surface area contributed by atoms with Crippen LogP contribution >= 0.6 is 11.6 Å². The number of ether oxygens (including phenoxy) is 1. The molecule has 1 heterocycles. The smallest absolute Gasteiger partial charge is 0.243 e. The molecule has 0 amide bonds. The Hall–Kier alpha value is -1.13. The highest BCUT2D eigenvalue weighted by Crippen LogP contribution is 2.21. The van der Waals surface area contributed by atoms with Gasteiger partial charge in [-0.15, -0.1) is 0 Å². The van der Waals surface area contributed by atoms with Crippen LogP contribution in [0.25, 0.3) is 0 Å². The van der Waals surface area contributed by atoms with E-state index in [0.717, 1.165) is 12.8 Å². The maximum Gasteiger partial charge on any atom is 0.243 e. The fraction of sp³-hybridized carbons (Fsp3) is 0.500. The molecule has 0 radical (unpaired) electrons. The summed E-state index contributed by atoms with van der Waals surface area (Å²) < 4.78 is 32.1. The predicted octanol–water partition coefficient (Wildman–Crippen LogP) is 2.42. The molecule has 114 valence electrons. The summed E-state index contributed by atoms with van der Waals surface area (Å²) in [4.78, 5) is 0.183. The summed E-state index contributed by atoms with van der Waals surface area (Å²) in [5, 5.41) is 9.21. The van der Waals surface area contributed by atoms with Gasteiger partial charge in [-0.05, 0) is 37.1 Å². The largest absolute Gasteiger partial charge is 0.377 e. The van der Waals surface area contributed by atoms with Gasteiger partial charge in [0.15, 0.2) is 0 Å². The molecule has 0 saturated carbocycles. The van der Waals surface area contributed by atoms with E-state index in [0.29, 0.717) is 11.6 Å². The van der Waals surface area contributed by atoms with Crippen molar-refractivity contribution >= 4 is 21.6 Å². The average Bonchev–Trinajstić information content (AvgIpc) is 2.96. The first kappa shape index (κ1) is 16.2. The van der Waals surface area contributed by atoms with Crippen LogP contribution in [0.15, 0.2) is 29.2 Å². The number of halogens is 1. The number of rotatable bonds is 6. The number of hydrogen-bond acceptors (Lipinski definition) is 4. The molecule has 0 bridgehead atoms. The highest BCUT2D eigenvalue weighted by Gasteiger charge is 2.28. The second kappa shape index (κ2) is 7.23. The SMILES string of the molecule is N#CCCN(CC1CCCO1)S(=O)(=O)c1ccc(Cl)cc1. The minimum Gasteiger partial charge on any atom is -0.377 e. The molecule has 7 heteroatoms. The lowest BCUT2D eigenvalue weighted by molar-refractivity contribution is 0.0941. The third kappa shape index (κ3) is 4.17. The van der Waals surface area contributed by atoms with Crippen LogP contribution in [0, 0.1) is 11.3 Å². The maximum absolute atomic E-state index is 12.7. The number of hydrogen-bond donors (Lipinski definition) is 0. The zero-order chi connectivity index (χ0) is 15.3. The van der Waals surface area contributed by atoms with Crippen molar-refractivity contribution in [1.29, 1.82) is 5.26 Å². The van der Waals surface area contributed by atoms with E-state index in [1.54, 1.807) is 12.1 Å². The first-order valence-corrected chi connectivity index (χ1v) is 8.60. The Morgan fingerprint density at radius 1 is 1.38 bits per heavy atom. The van der Waals surface area contributed by atoms with Crippen molar-refractivity contribution < 1.29 is 13.2 Å². The summed E-state index contributed by atoms with van der Waals surface area (Å²) in [6, 6.07) is 8.03. The molecule has 5 nitrogen and oxygen atoms in total.